The molecule has 5 heteroatoms. The Morgan fingerprint density at radius 2 is 1.88 bits per heavy atom. The number of nitrogens with zero attached hydrogens (tertiary/aromatic N) is 5. The molecule has 1 saturated heterocycles. The molecule has 0 aromatic carbocycles. The largest absolute Gasteiger partial charge is 0.354 e. The Morgan fingerprint density at radius 3 is 2.60 bits per heavy atom. The normalized spacial score (nSPS) is 22.7. The third-order valence-electron chi connectivity index (χ3n) is 6.35. The molecule has 1 aromatic rings. The molecule has 0 radical (unpaired) electrons. The molecule has 3 heterocycles. The first kappa shape index (κ1) is 17.2. The lowest BCUT2D eigenvalue weighted by Gasteiger charge is -2.43. The topological polar surface area (TPSA) is 35.5 Å². The van der Waals surface area contributed by atoms with Gasteiger partial charge in [0.2, 0.25) is 0 Å². The number of rotatable bonds is 6. The van der Waals surface area contributed by atoms with Crippen molar-refractivity contribution in [3.63, 3.8) is 0 Å². The van der Waals surface area contributed by atoms with E-state index in [1.54, 1.807) is 6.33 Å². The van der Waals surface area contributed by atoms with Gasteiger partial charge in [-0.05, 0) is 32.2 Å². The molecule has 0 amide bonds. The Bertz CT molecular complexity index is 563. The molecule has 0 unspecified atom stereocenters. The predicted octanol–water partition coefficient (Wildman–Crippen LogP) is 2.70. The van der Waals surface area contributed by atoms with Crippen molar-refractivity contribution in [1.29, 1.82) is 0 Å². The lowest BCUT2D eigenvalue weighted by molar-refractivity contribution is 0.120. The second-order valence-corrected chi connectivity index (χ2v) is 7.96. The fourth-order valence-corrected chi connectivity index (χ4v) is 4.49. The van der Waals surface area contributed by atoms with E-state index in [9.17, 15) is 0 Å². The van der Waals surface area contributed by atoms with Crippen LogP contribution < -0.4 is 4.90 Å². The summed E-state index contributed by atoms with van der Waals surface area (Å²) < 4.78 is 0. The lowest BCUT2D eigenvalue weighted by atomic mass is 9.91. The minimum atomic E-state index is 0.873. The quantitative estimate of drug-likeness (QED) is 0.742. The van der Waals surface area contributed by atoms with E-state index in [1.165, 1.54) is 81.8 Å². The lowest BCUT2D eigenvalue weighted by Crippen LogP contribution is -2.52. The Balaban J connectivity index is 1.38. The van der Waals surface area contributed by atoms with Crippen LogP contribution in [0.5, 0.6) is 0 Å². The van der Waals surface area contributed by atoms with Gasteiger partial charge in [0.05, 0.1) is 5.69 Å². The van der Waals surface area contributed by atoms with E-state index >= 15 is 0 Å². The van der Waals surface area contributed by atoms with E-state index in [4.69, 9.17) is 4.98 Å². The van der Waals surface area contributed by atoms with Crippen molar-refractivity contribution in [3.05, 3.63) is 17.6 Å². The molecule has 5 nitrogen and oxygen atoms in total. The van der Waals surface area contributed by atoms with E-state index in [0.29, 0.717) is 0 Å². The van der Waals surface area contributed by atoms with Crippen LogP contribution in [0.3, 0.4) is 0 Å². The Hall–Kier alpha value is -1.20. The zero-order valence-electron chi connectivity index (χ0n) is 15.8. The van der Waals surface area contributed by atoms with E-state index in [0.717, 1.165) is 32.1 Å². The van der Waals surface area contributed by atoms with Gasteiger partial charge in [-0.25, -0.2) is 9.97 Å². The molecule has 2 fully saturated rings. The van der Waals surface area contributed by atoms with E-state index in [-0.39, 0.29) is 0 Å². The molecule has 0 spiro atoms. The van der Waals surface area contributed by atoms with E-state index in [2.05, 4.69) is 26.6 Å². The monoisotopic (exact) mass is 343 g/mol. The molecule has 3 aliphatic rings. The maximum Gasteiger partial charge on any atom is 0.135 e. The van der Waals surface area contributed by atoms with Crippen LogP contribution in [0, 0.1) is 0 Å². The summed E-state index contributed by atoms with van der Waals surface area (Å²) in [5.41, 5.74) is 2.69. The average molecular weight is 344 g/mol. The molecule has 4 rings (SSSR count). The third-order valence-corrected chi connectivity index (χ3v) is 6.35. The van der Waals surface area contributed by atoms with Crippen molar-refractivity contribution in [3.8, 4) is 0 Å². The smallest absolute Gasteiger partial charge is 0.135 e. The number of hydrogen-bond donors (Lipinski definition) is 0. The van der Waals surface area contributed by atoms with Gasteiger partial charge >= 0.3 is 0 Å². The van der Waals surface area contributed by atoms with Crippen LogP contribution in [0.2, 0.25) is 0 Å². The predicted molar refractivity (Wildman–Crippen MR) is 102 cm³/mol. The fourth-order valence-electron chi connectivity index (χ4n) is 4.49. The zero-order valence-corrected chi connectivity index (χ0v) is 15.8. The van der Waals surface area contributed by atoms with Crippen LogP contribution in [0.25, 0.3) is 0 Å². The summed E-state index contributed by atoms with van der Waals surface area (Å²) in [7, 11) is 0. The van der Waals surface area contributed by atoms with Gasteiger partial charge < -0.3 is 4.90 Å². The second-order valence-electron chi connectivity index (χ2n) is 7.96. The third kappa shape index (κ3) is 3.82. The number of fused-ring (bicyclic) bond motifs is 1. The maximum atomic E-state index is 4.70. The first-order valence-electron chi connectivity index (χ1n) is 10.4. The Kier molecular flexibility index (Phi) is 5.51. The number of piperazine rings is 1. The summed E-state index contributed by atoms with van der Waals surface area (Å²) in [5.74, 6) is 1.23. The van der Waals surface area contributed by atoms with Gasteiger partial charge in [0.1, 0.15) is 12.1 Å². The van der Waals surface area contributed by atoms with Crippen LogP contribution in [-0.4, -0.2) is 65.1 Å². The van der Waals surface area contributed by atoms with Gasteiger partial charge in [0, 0.05) is 50.9 Å². The minimum absolute atomic E-state index is 0.873. The SMILES string of the molecule is CCCCCN1CCc2c(ncnc2N2CCN(C3CCC3)CC2)C1. The molecule has 1 aliphatic carbocycles. The van der Waals surface area contributed by atoms with Crippen molar-refractivity contribution in [2.75, 3.05) is 44.2 Å². The summed E-state index contributed by atoms with van der Waals surface area (Å²) in [6.07, 6.45) is 11.1. The highest BCUT2D eigenvalue weighted by atomic mass is 15.3. The fraction of sp³-hybridized carbons (Fsp3) is 0.800. The van der Waals surface area contributed by atoms with Gasteiger partial charge in [0.15, 0.2) is 0 Å². The van der Waals surface area contributed by atoms with Crippen LogP contribution in [0.15, 0.2) is 6.33 Å². The van der Waals surface area contributed by atoms with E-state index in [1.807, 2.05) is 0 Å². The first-order valence-corrected chi connectivity index (χ1v) is 10.4. The second kappa shape index (κ2) is 8.00. The maximum absolute atomic E-state index is 4.70. The highest BCUT2D eigenvalue weighted by molar-refractivity contribution is 5.50. The summed E-state index contributed by atoms with van der Waals surface area (Å²) in [6, 6.07) is 0.873. The first-order chi connectivity index (χ1) is 12.3. The molecule has 1 saturated carbocycles. The number of anilines is 1. The van der Waals surface area contributed by atoms with Crippen LogP contribution in [0.1, 0.15) is 56.7 Å². The number of hydrogen-bond acceptors (Lipinski definition) is 5. The zero-order chi connectivity index (χ0) is 17.1. The number of aromatic nitrogens is 2. The molecule has 25 heavy (non-hydrogen) atoms. The molecule has 2 aliphatic heterocycles. The van der Waals surface area contributed by atoms with Gasteiger partial charge in [-0.3, -0.25) is 9.80 Å². The average Bonchev–Trinajstić information content (AvgIpc) is 2.60. The Morgan fingerprint density at radius 1 is 1.04 bits per heavy atom. The molecule has 0 atom stereocenters. The summed E-state index contributed by atoms with van der Waals surface area (Å²) >= 11 is 0. The number of unbranched alkanes of at least 4 members (excludes halogenated alkanes) is 2. The van der Waals surface area contributed by atoms with Gasteiger partial charge in [-0.2, -0.15) is 0 Å². The van der Waals surface area contributed by atoms with Crippen LogP contribution >= 0.6 is 0 Å². The van der Waals surface area contributed by atoms with Crippen molar-refractivity contribution >= 4 is 5.82 Å². The summed E-state index contributed by atoms with van der Waals surface area (Å²) in [5, 5.41) is 0. The molecule has 138 valence electrons. The summed E-state index contributed by atoms with van der Waals surface area (Å²) in [6.45, 7) is 10.3. The van der Waals surface area contributed by atoms with Crippen molar-refractivity contribution in [2.24, 2.45) is 0 Å². The molecule has 1 aromatic heterocycles. The molecule has 0 bridgehead atoms. The van der Waals surface area contributed by atoms with Gasteiger partial charge in [0.25, 0.3) is 0 Å². The standard InChI is InChI=1S/C20H33N5/c1-2-3-4-9-23-10-8-18-19(15-23)21-16-22-20(18)25-13-11-24(12-14-25)17-6-5-7-17/h16-17H,2-15H2,1H3. The minimum Gasteiger partial charge on any atom is -0.354 e. The summed E-state index contributed by atoms with van der Waals surface area (Å²) in [4.78, 5) is 17.1. The van der Waals surface area contributed by atoms with Gasteiger partial charge in [-0.15, -0.1) is 0 Å². The van der Waals surface area contributed by atoms with Crippen molar-refractivity contribution < 1.29 is 0 Å². The van der Waals surface area contributed by atoms with Crippen LogP contribution in [-0.2, 0) is 13.0 Å². The van der Waals surface area contributed by atoms with Gasteiger partial charge in [-0.1, -0.05) is 26.2 Å². The molecule has 0 N–H and O–H groups in total. The Labute approximate surface area is 152 Å². The highest BCUT2D eigenvalue weighted by Crippen LogP contribution is 2.29. The van der Waals surface area contributed by atoms with Crippen molar-refractivity contribution in [2.45, 2.75) is 64.5 Å². The molecular weight excluding hydrogens is 310 g/mol. The van der Waals surface area contributed by atoms with Crippen LogP contribution in [0.4, 0.5) is 5.82 Å². The van der Waals surface area contributed by atoms with E-state index < -0.39 is 0 Å². The van der Waals surface area contributed by atoms with Crippen molar-refractivity contribution in [1.82, 2.24) is 19.8 Å². The highest BCUT2D eigenvalue weighted by Gasteiger charge is 2.30. The molecular formula is C20H33N5.